The van der Waals surface area contributed by atoms with Crippen molar-refractivity contribution in [1.29, 1.82) is 0 Å². The second-order valence-corrected chi connectivity index (χ2v) is 6.03. The first-order valence-electron chi connectivity index (χ1n) is 4.81. The summed E-state index contributed by atoms with van der Waals surface area (Å²) in [7, 11) is 2.55. The molecule has 7 heteroatoms. The van der Waals surface area contributed by atoms with Crippen LogP contribution in [0.2, 0.25) is 6.04 Å². The number of hydrogen-bond acceptors (Lipinski definition) is 5. The summed E-state index contributed by atoms with van der Waals surface area (Å²) in [5.41, 5.74) is 5.35. The van der Waals surface area contributed by atoms with Crippen molar-refractivity contribution in [2.75, 3.05) is 41.0 Å². The molecule has 0 aliphatic rings. The molecule has 0 aliphatic heterocycles. The van der Waals surface area contributed by atoms with Gasteiger partial charge in [0, 0.05) is 62.2 Å². The van der Waals surface area contributed by atoms with Crippen LogP contribution in [-0.4, -0.2) is 49.8 Å². The molecule has 0 aromatic heterocycles. The second-order valence-electron chi connectivity index (χ2n) is 2.94. The van der Waals surface area contributed by atoms with Crippen LogP contribution in [0.3, 0.4) is 0 Å². The Morgan fingerprint density at radius 3 is 2.00 bits per heavy atom. The molecule has 0 saturated carbocycles. The van der Waals surface area contributed by atoms with Gasteiger partial charge in [0.05, 0.1) is 0 Å². The number of nitrogens with two attached hydrogens (primary N) is 1. The van der Waals surface area contributed by atoms with Gasteiger partial charge in [-0.1, -0.05) is 0 Å². The van der Waals surface area contributed by atoms with Crippen LogP contribution in [0.25, 0.3) is 0 Å². The molecular weight excluding hydrogens is 248 g/mol. The largest absolute Gasteiger partial charge is 0.500 e. The summed E-state index contributed by atoms with van der Waals surface area (Å²) in [5.74, 6) is 0. The van der Waals surface area contributed by atoms with Gasteiger partial charge >= 0.3 is 8.80 Å². The van der Waals surface area contributed by atoms with Crippen LogP contribution in [0.1, 0.15) is 6.42 Å². The third-order valence-corrected chi connectivity index (χ3v) is 4.92. The molecule has 0 aliphatic carbocycles. The quantitative estimate of drug-likeness (QED) is 0.449. The Morgan fingerprint density at radius 2 is 1.60 bits per heavy atom. The maximum absolute atomic E-state index is 5.35. The van der Waals surface area contributed by atoms with E-state index in [1.54, 1.807) is 21.3 Å². The number of rotatable bonds is 9. The van der Waals surface area contributed by atoms with Gasteiger partial charge in [-0.15, -0.1) is 0 Å². The first kappa shape index (κ1) is 18.1. The predicted octanol–water partition coefficient (Wildman–Crippen LogP) is -0.200. The Hall–Kier alpha value is 0.731. The second kappa shape index (κ2) is 11.2. The van der Waals surface area contributed by atoms with Crippen molar-refractivity contribution in [2.45, 2.75) is 12.5 Å². The molecule has 0 heterocycles. The van der Waals surface area contributed by atoms with Crippen LogP contribution in [0.15, 0.2) is 0 Å². The smallest absolute Gasteiger partial charge is 0.377 e. The Labute approximate surface area is 108 Å². The van der Waals surface area contributed by atoms with E-state index in [1.165, 1.54) is 0 Å². The van der Waals surface area contributed by atoms with Gasteiger partial charge < -0.3 is 24.3 Å². The van der Waals surface area contributed by atoms with Crippen LogP contribution in [-0.2, 0) is 35.0 Å². The van der Waals surface area contributed by atoms with Crippen LogP contribution < -0.4 is 11.1 Å². The van der Waals surface area contributed by atoms with E-state index in [0.29, 0.717) is 6.54 Å². The normalized spacial score (nSPS) is 11.2. The summed E-state index contributed by atoms with van der Waals surface area (Å²) in [6.07, 6.45) is 0.974. The van der Waals surface area contributed by atoms with Gasteiger partial charge in [-0.25, -0.2) is 0 Å². The zero-order valence-corrected chi connectivity index (χ0v) is 12.4. The molecule has 0 bridgehead atoms. The molecule has 15 heavy (non-hydrogen) atoms. The Morgan fingerprint density at radius 1 is 1.07 bits per heavy atom. The first-order chi connectivity index (χ1) is 6.74. The molecule has 3 N–H and O–H groups in total. The van der Waals surface area contributed by atoms with Gasteiger partial charge in [-0.3, -0.25) is 0 Å². The average Bonchev–Trinajstić information content (AvgIpc) is 2.24. The average molecular weight is 270 g/mol. The van der Waals surface area contributed by atoms with E-state index in [4.69, 9.17) is 19.0 Å². The van der Waals surface area contributed by atoms with Gasteiger partial charge in [0.15, 0.2) is 0 Å². The van der Waals surface area contributed by atoms with Crippen molar-refractivity contribution in [3.63, 3.8) is 0 Å². The van der Waals surface area contributed by atoms with Gasteiger partial charge in [0.1, 0.15) is 0 Å². The van der Waals surface area contributed by atoms with E-state index in [9.17, 15) is 0 Å². The fourth-order valence-electron chi connectivity index (χ4n) is 1.21. The zero-order valence-electron chi connectivity index (χ0n) is 9.84. The molecule has 0 radical (unpaired) electrons. The zero-order chi connectivity index (χ0) is 10.9. The molecule has 0 aromatic carbocycles. The summed E-state index contributed by atoms with van der Waals surface area (Å²) in [6, 6.07) is 0.827. The topological polar surface area (TPSA) is 65.7 Å². The maximum Gasteiger partial charge on any atom is 0.500 e. The van der Waals surface area contributed by atoms with Crippen molar-refractivity contribution in [2.24, 2.45) is 5.73 Å². The van der Waals surface area contributed by atoms with Gasteiger partial charge in [-0.05, 0) is 13.0 Å². The number of nitrogens with one attached hydrogen (secondary N) is 1. The SMILES string of the molecule is CO[Si](CCCNCCN)(OC)OC.[Ti]. The third-order valence-electron chi connectivity index (χ3n) is 2.09. The number of hydrogen-bond donors (Lipinski definition) is 2. The predicted molar refractivity (Wildman–Crippen MR) is 58.1 cm³/mol. The van der Waals surface area contributed by atoms with Gasteiger partial charge in [0.2, 0.25) is 0 Å². The Bertz CT molecular complexity index is 131. The fraction of sp³-hybridized carbons (Fsp3) is 1.00. The van der Waals surface area contributed by atoms with E-state index in [2.05, 4.69) is 5.32 Å². The molecular formula is C8H22N2O3SiTi. The van der Waals surface area contributed by atoms with Gasteiger partial charge in [0.25, 0.3) is 0 Å². The third kappa shape index (κ3) is 7.59. The van der Waals surface area contributed by atoms with Crippen molar-refractivity contribution in [3.8, 4) is 0 Å². The van der Waals surface area contributed by atoms with Crippen LogP contribution in [0, 0.1) is 0 Å². The van der Waals surface area contributed by atoms with E-state index in [-0.39, 0.29) is 21.7 Å². The maximum atomic E-state index is 5.35. The first-order valence-corrected chi connectivity index (χ1v) is 6.74. The summed E-state index contributed by atoms with van der Waals surface area (Å²) >= 11 is 0. The summed E-state index contributed by atoms with van der Waals surface area (Å²) in [5, 5.41) is 3.21. The molecule has 0 rings (SSSR count). The van der Waals surface area contributed by atoms with Crippen LogP contribution in [0.4, 0.5) is 0 Å². The van der Waals surface area contributed by atoms with Gasteiger partial charge in [-0.2, -0.15) is 0 Å². The van der Waals surface area contributed by atoms with E-state index >= 15 is 0 Å². The molecule has 0 atom stereocenters. The molecule has 5 nitrogen and oxygen atoms in total. The molecule has 0 saturated heterocycles. The van der Waals surface area contributed by atoms with Crippen molar-refractivity contribution in [1.82, 2.24) is 5.32 Å². The Balaban J connectivity index is 0. The minimum Gasteiger partial charge on any atom is -0.377 e. The van der Waals surface area contributed by atoms with Crippen molar-refractivity contribution < 1.29 is 35.0 Å². The molecule has 0 spiro atoms. The minimum absolute atomic E-state index is 0. The fourth-order valence-corrected chi connectivity index (χ4v) is 2.94. The summed E-state index contributed by atoms with van der Waals surface area (Å²) in [6.45, 7) is 2.44. The minimum atomic E-state index is -2.35. The Kier molecular flexibility index (Phi) is 13.5. The van der Waals surface area contributed by atoms with E-state index in [1.807, 2.05) is 0 Å². The summed E-state index contributed by atoms with van der Waals surface area (Å²) < 4.78 is 15.9. The summed E-state index contributed by atoms with van der Waals surface area (Å²) in [4.78, 5) is 0. The van der Waals surface area contributed by atoms with Crippen molar-refractivity contribution >= 4 is 8.80 Å². The molecule has 0 fully saturated rings. The van der Waals surface area contributed by atoms with Crippen molar-refractivity contribution in [3.05, 3.63) is 0 Å². The van der Waals surface area contributed by atoms with Crippen LogP contribution >= 0.6 is 0 Å². The molecule has 0 unspecified atom stereocenters. The molecule has 0 aromatic rings. The van der Waals surface area contributed by atoms with Crippen LogP contribution in [0.5, 0.6) is 0 Å². The monoisotopic (exact) mass is 270 g/mol. The standard InChI is InChI=1S/C8H22N2O3Si.Ti/c1-11-14(12-2,13-3)8-4-6-10-7-5-9;/h10H,4-9H2,1-3H3;. The molecule has 0 amide bonds. The van der Waals surface area contributed by atoms with E-state index < -0.39 is 8.80 Å². The molecule has 90 valence electrons. The van der Waals surface area contributed by atoms with E-state index in [0.717, 1.165) is 25.6 Å².